The summed E-state index contributed by atoms with van der Waals surface area (Å²) in [4.78, 5) is 93.3. The standard InChI is InChI=1S/C31H41N7O4.C20H30N4O3/c1-21-18-37(25(22-11-7-6-8-12-22)19-36(21)30(41)31(2,3)20-35(4)5)29(40)28(39)34-24-17-32-15-23-16-33-38(27(23)24)26-13-9-10-14-42-26;1-14-11-24(18(26)17(21)25)16(15-9-7-6-8-10-15)12-23(14)19(27)20(2,3)13-22(4)5/h6-8,11-12,15-17,21,25-26H,9-10,13-14,18-20H2,1-5H3,(H,34,39);6-10,14,16H,11-13H2,1-5H3,(H2,21,25)/t21-,25-,26?;14-,16-/m11/s1. The number of ether oxygens (including phenoxy) is 1. The van der Waals surface area contributed by atoms with Crippen molar-refractivity contribution in [2.45, 2.75) is 91.2 Å². The van der Waals surface area contributed by atoms with Gasteiger partial charge in [-0.05, 0) is 100 Å². The molecule has 3 N–H and O–H groups in total. The molecular weight excluding hydrogens is 879 g/mol. The third-order valence-electron chi connectivity index (χ3n) is 13.0. The monoisotopic (exact) mass is 950 g/mol. The number of rotatable bonds is 10. The van der Waals surface area contributed by atoms with Crippen LogP contribution in [0.4, 0.5) is 5.69 Å². The molecule has 372 valence electrons. The van der Waals surface area contributed by atoms with Crippen LogP contribution >= 0.6 is 0 Å². The molecule has 6 amide bonds. The van der Waals surface area contributed by atoms with E-state index in [2.05, 4.69) is 15.4 Å². The van der Waals surface area contributed by atoms with Crippen LogP contribution in [-0.2, 0) is 33.5 Å². The van der Waals surface area contributed by atoms with Crippen molar-refractivity contribution in [1.82, 2.24) is 44.2 Å². The molecular formula is C51H71N11O7. The maximum absolute atomic E-state index is 13.8. The van der Waals surface area contributed by atoms with Gasteiger partial charge in [0.25, 0.3) is 0 Å². The normalized spacial score (nSPS) is 21.2. The first-order valence-electron chi connectivity index (χ1n) is 23.8. The quantitative estimate of drug-likeness (QED) is 0.215. The number of nitrogens with zero attached hydrogens (tertiary/aromatic N) is 9. The Balaban J connectivity index is 0.000000251. The molecule has 1 unspecified atom stereocenters. The fourth-order valence-electron chi connectivity index (χ4n) is 10.1. The number of primary amides is 1. The molecule has 5 atom stereocenters. The average Bonchev–Trinajstić information content (AvgIpc) is 3.76. The SMILES string of the molecule is C[C@@H]1CN(C(=O)C(=O)Nc2cncc3cnn(C4CCCCO4)c23)[C@@H](c2ccccc2)CN1C(=O)C(C)(C)CN(C)C.C[C@@H]1CN(C(=O)C(N)=O)[C@@H](c2ccccc2)CN1C(=O)C(C)(C)CN(C)C. The summed E-state index contributed by atoms with van der Waals surface area (Å²) in [6.45, 7) is 14.6. The number of hydrogen-bond acceptors (Lipinski definition) is 11. The summed E-state index contributed by atoms with van der Waals surface area (Å²) in [6, 6.07) is 17.7. The highest BCUT2D eigenvalue weighted by Gasteiger charge is 2.45. The van der Waals surface area contributed by atoms with Crippen LogP contribution in [0, 0.1) is 10.8 Å². The Morgan fingerprint density at radius 3 is 1.62 bits per heavy atom. The molecule has 3 saturated heterocycles. The summed E-state index contributed by atoms with van der Waals surface area (Å²) in [7, 11) is 7.78. The van der Waals surface area contributed by atoms with Gasteiger partial charge in [0.15, 0.2) is 6.23 Å². The number of hydrogen-bond donors (Lipinski definition) is 2. The number of pyridine rings is 1. The topological polar surface area (TPSA) is 200 Å². The molecule has 3 aliphatic heterocycles. The summed E-state index contributed by atoms with van der Waals surface area (Å²) in [6.07, 6.45) is 7.51. The van der Waals surface area contributed by atoms with E-state index in [1.807, 2.05) is 150 Å². The van der Waals surface area contributed by atoms with Crippen LogP contribution in [0.15, 0.2) is 79.3 Å². The van der Waals surface area contributed by atoms with Crippen molar-refractivity contribution in [3.63, 3.8) is 0 Å². The van der Waals surface area contributed by atoms with Gasteiger partial charge >= 0.3 is 23.6 Å². The number of benzene rings is 2. The minimum atomic E-state index is -0.976. The zero-order valence-electron chi connectivity index (χ0n) is 41.9. The lowest BCUT2D eigenvalue weighted by Crippen LogP contribution is -2.61. The lowest BCUT2D eigenvalue weighted by atomic mass is 9.88. The number of carbonyl (C=O) groups is 6. The predicted octanol–water partition coefficient (Wildman–Crippen LogP) is 4.32. The fourth-order valence-corrected chi connectivity index (χ4v) is 10.1. The van der Waals surface area contributed by atoms with Gasteiger partial charge in [-0.1, -0.05) is 60.7 Å². The molecule has 0 bridgehead atoms. The van der Waals surface area contributed by atoms with E-state index in [9.17, 15) is 28.8 Å². The first kappa shape index (κ1) is 52.1. The third-order valence-corrected chi connectivity index (χ3v) is 13.0. The summed E-state index contributed by atoms with van der Waals surface area (Å²) in [5.74, 6) is -3.05. The van der Waals surface area contributed by atoms with Gasteiger partial charge in [-0.15, -0.1) is 0 Å². The van der Waals surface area contributed by atoms with Crippen LogP contribution in [0.25, 0.3) is 10.9 Å². The molecule has 18 nitrogen and oxygen atoms in total. The van der Waals surface area contributed by atoms with E-state index >= 15 is 0 Å². The van der Waals surface area contributed by atoms with Crippen molar-refractivity contribution in [3.05, 3.63) is 90.4 Å². The van der Waals surface area contributed by atoms with Crippen LogP contribution in [0.1, 0.15) is 90.2 Å². The summed E-state index contributed by atoms with van der Waals surface area (Å²) in [5, 5.41) is 8.08. The number of nitrogens with one attached hydrogen (secondary N) is 1. The summed E-state index contributed by atoms with van der Waals surface area (Å²) in [5.41, 5.74) is 6.90. The number of fused-ring (bicyclic) bond motifs is 1. The molecule has 0 radical (unpaired) electrons. The average molecular weight is 950 g/mol. The third kappa shape index (κ3) is 12.1. The van der Waals surface area contributed by atoms with Gasteiger partial charge in [-0.2, -0.15) is 5.10 Å². The van der Waals surface area contributed by atoms with Crippen molar-refractivity contribution >= 4 is 52.0 Å². The van der Waals surface area contributed by atoms with Gasteiger partial charge in [0.1, 0.15) is 0 Å². The van der Waals surface area contributed by atoms with Crippen LogP contribution in [0.5, 0.6) is 0 Å². The lowest BCUT2D eigenvalue weighted by Gasteiger charge is -2.47. The minimum absolute atomic E-state index is 0.0251. The molecule has 0 aliphatic carbocycles. The number of piperazine rings is 2. The first-order chi connectivity index (χ1) is 32.6. The van der Waals surface area contributed by atoms with Crippen molar-refractivity contribution < 1.29 is 33.5 Å². The van der Waals surface area contributed by atoms with E-state index < -0.39 is 46.5 Å². The number of carbonyl (C=O) groups excluding carboxylic acids is 6. The van der Waals surface area contributed by atoms with E-state index in [0.717, 1.165) is 35.8 Å². The Labute approximate surface area is 406 Å². The zero-order valence-corrected chi connectivity index (χ0v) is 41.9. The van der Waals surface area contributed by atoms with Gasteiger partial charge < -0.3 is 45.2 Å². The molecule has 2 aromatic heterocycles. The second kappa shape index (κ2) is 22.0. The van der Waals surface area contributed by atoms with Crippen molar-refractivity contribution in [2.24, 2.45) is 16.6 Å². The van der Waals surface area contributed by atoms with Gasteiger partial charge in [-0.25, -0.2) is 4.68 Å². The molecule has 2 aromatic carbocycles. The largest absolute Gasteiger partial charge is 0.361 e. The maximum atomic E-state index is 13.8. The molecule has 7 rings (SSSR count). The van der Waals surface area contributed by atoms with Gasteiger partial charge in [0.2, 0.25) is 11.8 Å². The number of amides is 6. The fraction of sp³-hybridized carbons (Fsp3) is 0.529. The molecule has 69 heavy (non-hydrogen) atoms. The van der Waals surface area contributed by atoms with Crippen molar-refractivity contribution in [2.75, 3.05) is 79.4 Å². The summed E-state index contributed by atoms with van der Waals surface area (Å²) < 4.78 is 7.71. The molecule has 0 spiro atoms. The smallest absolute Gasteiger partial charge is 0.314 e. The van der Waals surface area contributed by atoms with Crippen LogP contribution in [-0.4, -0.2) is 166 Å². The van der Waals surface area contributed by atoms with Gasteiger partial charge in [0, 0.05) is 69.5 Å². The number of nitrogens with two attached hydrogens (primary N) is 1. The molecule has 3 aliphatic rings. The first-order valence-corrected chi connectivity index (χ1v) is 23.8. The Kier molecular flexibility index (Phi) is 16.6. The lowest BCUT2D eigenvalue weighted by molar-refractivity contribution is -0.155. The molecule has 3 fully saturated rings. The van der Waals surface area contributed by atoms with Crippen LogP contribution in [0.2, 0.25) is 0 Å². The van der Waals surface area contributed by atoms with E-state index in [0.29, 0.717) is 44.0 Å². The molecule has 5 heterocycles. The van der Waals surface area contributed by atoms with Crippen molar-refractivity contribution in [3.8, 4) is 0 Å². The maximum Gasteiger partial charge on any atom is 0.314 e. The Bertz CT molecular complexity index is 2450. The number of aromatic nitrogens is 3. The predicted molar refractivity (Wildman–Crippen MR) is 263 cm³/mol. The Morgan fingerprint density at radius 2 is 1.17 bits per heavy atom. The highest BCUT2D eigenvalue weighted by Crippen LogP contribution is 2.35. The molecule has 0 saturated carbocycles. The summed E-state index contributed by atoms with van der Waals surface area (Å²) >= 11 is 0. The van der Waals surface area contributed by atoms with E-state index in [-0.39, 0.29) is 43.2 Å². The van der Waals surface area contributed by atoms with Gasteiger partial charge in [-0.3, -0.25) is 33.8 Å². The zero-order chi connectivity index (χ0) is 50.4. The Hall–Kier alpha value is -6.24. The highest BCUT2D eigenvalue weighted by atomic mass is 16.5. The highest BCUT2D eigenvalue weighted by molar-refractivity contribution is 6.40. The van der Waals surface area contributed by atoms with Crippen LogP contribution in [0.3, 0.4) is 0 Å². The van der Waals surface area contributed by atoms with E-state index in [1.165, 1.54) is 11.1 Å². The van der Waals surface area contributed by atoms with E-state index in [1.54, 1.807) is 22.0 Å². The second-order valence-corrected chi connectivity index (χ2v) is 20.5. The van der Waals surface area contributed by atoms with Crippen molar-refractivity contribution in [1.29, 1.82) is 0 Å². The van der Waals surface area contributed by atoms with E-state index in [4.69, 9.17) is 10.5 Å². The molecule has 4 aromatic rings. The molecule has 18 heteroatoms. The van der Waals surface area contributed by atoms with Crippen LogP contribution < -0.4 is 11.1 Å². The van der Waals surface area contributed by atoms with Gasteiger partial charge in [0.05, 0.1) is 46.5 Å². The minimum Gasteiger partial charge on any atom is -0.361 e. The Morgan fingerprint density at radius 1 is 0.681 bits per heavy atom. The number of anilines is 1. The second-order valence-electron chi connectivity index (χ2n) is 20.5.